The lowest BCUT2D eigenvalue weighted by Gasteiger charge is -2.41. The van der Waals surface area contributed by atoms with Crippen molar-refractivity contribution in [3.05, 3.63) is 16.1 Å². The van der Waals surface area contributed by atoms with Gasteiger partial charge in [0, 0.05) is 24.2 Å². The fourth-order valence-electron chi connectivity index (χ4n) is 2.47. The number of thiazole rings is 1. The number of carbonyl (C=O) groups is 1. The molecule has 0 aliphatic carbocycles. The quantitative estimate of drug-likeness (QED) is 0.829. The number of rotatable bonds is 5. The van der Waals surface area contributed by atoms with Crippen LogP contribution in [0.25, 0.3) is 0 Å². The smallest absolute Gasteiger partial charge is 0.159 e. The van der Waals surface area contributed by atoms with Crippen LogP contribution in [0.15, 0.2) is 5.38 Å². The SMILES string of the molecule is CCC(C)(C(=O)Cc1nc(C)cs1)N1CCOCC1. The summed E-state index contributed by atoms with van der Waals surface area (Å²) in [6.45, 7) is 9.23. The molecule has 0 bridgehead atoms. The molecule has 0 N–H and O–H groups in total. The van der Waals surface area contributed by atoms with Crippen molar-refractivity contribution in [1.82, 2.24) is 9.88 Å². The lowest BCUT2D eigenvalue weighted by molar-refractivity contribution is -0.133. The number of hydrogen-bond donors (Lipinski definition) is 0. The van der Waals surface area contributed by atoms with Crippen LogP contribution in [0, 0.1) is 6.92 Å². The Hall–Kier alpha value is -0.780. The average molecular weight is 282 g/mol. The number of aromatic nitrogens is 1. The molecule has 0 spiro atoms. The van der Waals surface area contributed by atoms with Crippen molar-refractivity contribution >= 4 is 17.1 Å². The van der Waals surface area contributed by atoms with E-state index in [1.165, 1.54) is 0 Å². The molecule has 0 radical (unpaired) electrons. The molecule has 2 rings (SSSR count). The zero-order valence-electron chi connectivity index (χ0n) is 11.9. The minimum atomic E-state index is -0.386. The summed E-state index contributed by atoms with van der Waals surface area (Å²) in [6.07, 6.45) is 1.27. The number of Topliss-reactive ketones (excluding diaryl/α,β-unsaturated/α-hetero) is 1. The lowest BCUT2D eigenvalue weighted by Crippen LogP contribution is -2.56. The topological polar surface area (TPSA) is 42.4 Å². The van der Waals surface area contributed by atoms with Crippen LogP contribution >= 0.6 is 11.3 Å². The first-order valence-corrected chi connectivity index (χ1v) is 7.71. The van der Waals surface area contributed by atoms with Crippen molar-refractivity contribution in [3.8, 4) is 0 Å². The van der Waals surface area contributed by atoms with E-state index in [2.05, 4.69) is 23.7 Å². The summed E-state index contributed by atoms with van der Waals surface area (Å²) in [4.78, 5) is 19.3. The maximum Gasteiger partial charge on any atom is 0.159 e. The molecular weight excluding hydrogens is 260 g/mol. The third kappa shape index (κ3) is 3.22. The summed E-state index contributed by atoms with van der Waals surface area (Å²) < 4.78 is 5.38. The van der Waals surface area contributed by atoms with E-state index in [1.807, 2.05) is 12.3 Å². The number of morpholine rings is 1. The van der Waals surface area contributed by atoms with Crippen LogP contribution in [-0.4, -0.2) is 47.5 Å². The van der Waals surface area contributed by atoms with E-state index < -0.39 is 0 Å². The van der Waals surface area contributed by atoms with Gasteiger partial charge >= 0.3 is 0 Å². The van der Waals surface area contributed by atoms with Crippen LogP contribution in [0.1, 0.15) is 31.0 Å². The zero-order valence-corrected chi connectivity index (χ0v) is 12.8. The van der Waals surface area contributed by atoms with E-state index in [0.717, 1.165) is 43.4 Å². The maximum absolute atomic E-state index is 12.7. The highest BCUT2D eigenvalue weighted by atomic mass is 32.1. The lowest BCUT2D eigenvalue weighted by atomic mass is 9.89. The summed E-state index contributed by atoms with van der Waals surface area (Å²) in [5.41, 5.74) is 0.612. The van der Waals surface area contributed by atoms with Gasteiger partial charge in [0.15, 0.2) is 5.78 Å². The Morgan fingerprint density at radius 2 is 2.21 bits per heavy atom. The first-order chi connectivity index (χ1) is 9.06. The Kier molecular flexibility index (Phi) is 4.71. The number of nitrogens with zero attached hydrogens (tertiary/aromatic N) is 2. The molecular formula is C14H22N2O2S. The molecule has 106 valence electrons. The van der Waals surface area contributed by atoms with Crippen LogP contribution < -0.4 is 0 Å². The van der Waals surface area contributed by atoms with Gasteiger partial charge in [0.05, 0.1) is 25.2 Å². The molecule has 0 aromatic carbocycles. The maximum atomic E-state index is 12.7. The normalized spacial score (nSPS) is 20.2. The van der Waals surface area contributed by atoms with Crippen LogP contribution in [0.4, 0.5) is 0 Å². The molecule has 1 aromatic rings. The van der Waals surface area contributed by atoms with Crippen molar-refractivity contribution in [1.29, 1.82) is 0 Å². The molecule has 4 nitrogen and oxygen atoms in total. The van der Waals surface area contributed by atoms with Crippen molar-refractivity contribution in [2.75, 3.05) is 26.3 Å². The summed E-state index contributed by atoms with van der Waals surface area (Å²) in [6, 6.07) is 0. The number of hydrogen-bond acceptors (Lipinski definition) is 5. The van der Waals surface area contributed by atoms with Crippen LogP contribution in [0.5, 0.6) is 0 Å². The third-order valence-electron chi connectivity index (χ3n) is 3.98. The number of ketones is 1. The highest BCUT2D eigenvalue weighted by molar-refractivity contribution is 7.09. The van der Waals surface area contributed by atoms with E-state index in [1.54, 1.807) is 11.3 Å². The molecule has 2 heterocycles. The zero-order chi connectivity index (χ0) is 13.9. The number of aryl methyl sites for hydroxylation is 1. The standard InChI is InChI=1S/C14H22N2O2S/c1-4-14(3,16-5-7-18-8-6-16)12(17)9-13-15-11(2)10-19-13/h10H,4-9H2,1-3H3. The molecule has 1 unspecified atom stereocenters. The van der Waals surface area contributed by atoms with Gasteiger partial charge < -0.3 is 4.74 Å². The summed E-state index contributed by atoms with van der Waals surface area (Å²) in [7, 11) is 0. The van der Waals surface area contributed by atoms with Crippen molar-refractivity contribution in [2.24, 2.45) is 0 Å². The predicted octanol–water partition coefficient (Wildman–Crippen LogP) is 2.06. The fourth-order valence-corrected chi connectivity index (χ4v) is 3.24. The van der Waals surface area contributed by atoms with Gasteiger partial charge in [-0.3, -0.25) is 9.69 Å². The molecule has 1 aromatic heterocycles. The summed E-state index contributed by atoms with van der Waals surface area (Å²) >= 11 is 1.58. The van der Waals surface area contributed by atoms with Gasteiger partial charge in [-0.1, -0.05) is 6.92 Å². The van der Waals surface area contributed by atoms with Gasteiger partial charge in [0.1, 0.15) is 5.01 Å². The van der Waals surface area contributed by atoms with E-state index in [-0.39, 0.29) is 11.3 Å². The molecule has 1 aliphatic heterocycles. The second-order valence-electron chi connectivity index (χ2n) is 5.21. The summed E-state index contributed by atoms with van der Waals surface area (Å²) in [5.74, 6) is 0.270. The molecule has 0 saturated carbocycles. The van der Waals surface area contributed by atoms with E-state index >= 15 is 0 Å². The Balaban J connectivity index is 2.08. The second kappa shape index (κ2) is 6.11. The average Bonchev–Trinajstić information content (AvgIpc) is 2.84. The first kappa shape index (κ1) is 14.6. The molecule has 1 fully saturated rings. The molecule has 5 heteroatoms. The van der Waals surface area contributed by atoms with Crippen LogP contribution in [0.3, 0.4) is 0 Å². The van der Waals surface area contributed by atoms with Gasteiger partial charge in [-0.15, -0.1) is 11.3 Å². The Bertz CT molecular complexity index is 440. The van der Waals surface area contributed by atoms with Gasteiger partial charge in [0.25, 0.3) is 0 Å². The predicted molar refractivity (Wildman–Crippen MR) is 76.7 cm³/mol. The van der Waals surface area contributed by atoms with Crippen LogP contribution in [0.2, 0.25) is 0 Å². The molecule has 1 saturated heterocycles. The summed E-state index contributed by atoms with van der Waals surface area (Å²) in [5, 5.41) is 2.93. The Labute approximate surface area is 118 Å². The monoisotopic (exact) mass is 282 g/mol. The number of ether oxygens (including phenoxy) is 1. The Morgan fingerprint density at radius 3 is 2.74 bits per heavy atom. The third-order valence-corrected chi connectivity index (χ3v) is 4.94. The minimum absolute atomic E-state index is 0.270. The minimum Gasteiger partial charge on any atom is -0.379 e. The van der Waals surface area contributed by atoms with Crippen molar-refractivity contribution in [3.63, 3.8) is 0 Å². The highest BCUT2D eigenvalue weighted by Gasteiger charge is 2.38. The Morgan fingerprint density at radius 1 is 1.53 bits per heavy atom. The van der Waals surface area contributed by atoms with Gasteiger partial charge in [-0.05, 0) is 20.3 Å². The van der Waals surface area contributed by atoms with Gasteiger partial charge in [0.2, 0.25) is 0 Å². The first-order valence-electron chi connectivity index (χ1n) is 6.83. The highest BCUT2D eigenvalue weighted by Crippen LogP contribution is 2.24. The van der Waals surface area contributed by atoms with Crippen molar-refractivity contribution < 1.29 is 9.53 Å². The van der Waals surface area contributed by atoms with Gasteiger partial charge in [-0.2, -0.15) is 0 Å². The van der Waals surface area contributed by atoms with Crippen molar-refractivity contribution in [2.45, 2.75) is 39.2 Å². The van der Waals surface area contributed by atoms with E-state index in [4.69, 9.17) is 4.74 Å². The largest absolute Gasteiger partial charge is 0.379 e. The fraction of sp³-hybridized carbons (Fsp3) is 0.714. The second-order valence-corrected chi connectivity index (χ2v) is 6.15. The molecule has 19 heavy (non-hydrogen) atoms. The number of carbonyl (C=O) groups excluding carboxylic acids is 1. The molecule has 1 aliphatic rings. The molecule has 1 atom stereocenters. The van der Waals surface area contributed by atoms with Gasteiger partial charge in [-0.25, -0.2) is 4.98 Å². The van der Waals surface area contributed by atoms with E-state index in [0.29, 0.717) is 6.42 Å². The van der Waals surface area contributed by atoms with E-state index in [9.17, 15) is 4.79 Å². The molecule has 0 amide bonds. The van der Waals surface area contributed by atoms with Crippen LogP contribution in [-0.2, 0) is 16.0 Å².